The summed E-state index contributed by atoms with van der Waals surface area (Å²) >= 11 is 0. The van der Waals surface area contributed by atoms with E-state index in [9.17, 15) is 9.59 Å². The number of aliphatic carboxylic acids is 1. The molecule has 8 nitrogen and oxygen atoms in total. The average molecular weight is 330 g/mol. The first-order valence-electron chi connectivity index (χ1n) is 7.68. The van der Waals surface area contributed by atoms with Crippen molar-refractivity contribution in [3.8, 4) is 0 Å². The van der Waals surface area contributed by atoms with Gasteiger partial charge in [0.15, 0.2) is 6.10 Å². The van der Waals surface area contributed by atoms with E-state index in [0.29, 0.717) is 25.9 Å². The average Bonchev–Trinajstić information content (AvgIpc) is 3.25. The van der Waals surface area contributed by atoms with Crippen LogP contribution in [-0.2, 0) is 27.4 Å². The van der Waals surface area contributed by atoms with Crippen molar-refractivity contribution < 1.29 is 19.4 Å². The summed E-state index contributed by atoms with van der Waals surface area (Å²) in [6, 6.07) is 7.73. The van der Waals surface area contributed by atoms with Crippen molar-refractivity contribution in [2.45, 2.75) is 38.1 Å². The molecule has 0 bridgehead atoms. The van der Waals surface area contributed by atoms with Gasteiger partial charge < -0.3 is 15.2 Å². The maximum atomic E-state index is 12.2. The molecule has 1 saturated heterocycles. The highest BCUT2D eigenvalue weighted by molar-refractivity contribution is 5.82. The third-order valence-electron chi connectivity index (χ3n) is 3.96. The van der Waals surface area contributed by atoms with Crippen molar-refractivity contribution in [2.24, 2.45) is 0 Å². The van der Waals surface area contributed by atoms with E-state index in [1.54, 1.807) is 11.0 Å². The van der Waals surface area contributed by atoms with Crippen LogP contribution in [0.5, 0.6) is 0 Å². The second kappa shape index (κ2) is 7.22. The highest BCUT2D eigenvalue weighted by Crippen LogP contribution is 2.20. The zero-order valence-corrected chi connectivity index (χ0v) is 13.0. The monoisotopic (exact) mass is 330 g/mol. The van der Waals surface area contributed by atoms with E-state index in [1.165, 1.54) is 6.33 Å². The smallest absolute Gasteiger partial charge is 0.332 e. The Bertz CT molecular complexity index is 717. The van der Waals surface area contributed by atoms with E-state index < -0.39 is 18.2 Å². The molecular formula is C16H18N4O4. The number of rotatable bonds is 6. The van der Waals surface area contributed by atoms with Gasteiger partial charge >= 0.3 is 5.97 Å². The summed E-state index contributed by atoms with van der Waals surface area (Å²) in [6.07, 6.45) is 2.29. The topological polar surface area (TPSA) is 106 Å². The van der Waals surface area contributed by atoms with Crippen LogP contribution in [-0.4, -0.2) is 44.0 Å². The number of carboxylic acids is 1. The Kier molecular flexibility index (Phi) is 4.85. The normalized spacial score (nSPS) is 20.0. The van der Waals surface area contributed by atoms with Crippen molar-refractivity contribution >= 4 is 11.9 Å². The van der Waals surface area contributed by atoms with E-state index in [2.05, 4.69) is 15.4 Å². The first kappa shape index (κ1) is 16.1. The van der Waals surface area contributed by atoms with Crippen molar-refractivity contribution in [1.29, 1.82) is 0 Å². The molecular weight excluding hydrogens is 312 g/mol. The molecule has 1 aromatic carbocycles. The van der Waals surface area contributed by atoms with Gasteiger partial charge in [-0.05, 0) is 24.0 Å². The van der Waals surface area contributed by atoms with Gasteiger partial charge in [0.05, 0.1) is 6.54 Å². The second-order valence-corrected chi connectivity index (χ2v) is 5.61. The third kappa shape index (κ3) is 3.77. The predicted molar refractivity (Wildman–Crippen MR) is 82.9 cm³/mol. The number of nitrogens with one attached hydrogen (secondary N) is 1. The SMILES string of the molecule is O=C(NCc1ccccc1Cn1cncn1)[C@@H]1CC[C@H](C(=O)O)O1. The van der Waals surface area contributed by atoms with Crippen LogP contribution in [0.3, 0.4) is 0 Å². The maximum absolute atomic E-state index is 12.2. The molecule has 2 N–H and O–H groups in total. The molecule has 24 heavy (non-hydrogen) atoms. The fourth-order valence-corrected chi connectivity index (χ4v) is 2.68. The molecule has 0 unspecified atom stereocenters. The molecule has 0 radical (unpaired) electrons. The van der Waals surface area contributed by atoms with Gasteiger partial charge in [-0.15, -0.1) is 0 Å². The number of carbonyl (C=O) groups is 2. The summed E-state index contributed by atoms with van der Waals surface area (Å²) in [5, 5.41) is 15.8. The van der Waals surface area contributed by atoms with Gasteiger partial charge in [-0.1, -0.05) is 24.3 Å². The number of nitrogens with zero attached hydrogens (tertiary/aromatic N) is 3. The molecule has 1 aromatic heterocycles. The van der Waals surface area contributed by atoms with Crippen LogP contribution in [0.4, 0.5) is 0 Å². The van der Waals surface area contributed by atoms with Gasteiger partial charge in [-0.2, -0.15) is 5.10 Å². The largest absolute Gasteiger partial charge is 0.479 e. The summed E-state index contributed by atoms with van der Waals surface area (Å²) in [5.74, 6) is -1.31. The van der Waals surface area contributed by atoms with Gasteiger partial charge in [0.25, 0.3) is 0 Å². The molecule has 1 aliphatic heterocycles. The van der Waals surface area contributed by atoms with E-state index in [1.807, 2.05) is 24.3 Å². The fraction of sp³-hybridized carbons (Fsp3) is 0.375. The molecule has 8 heteroatoms. The fourth-order valence-electron chi connectivity index (χ4n) is 2.68. The van der Waals surface area contributed by atoms with E-state index in [4.69, 9.17) is 9.84 Å². The third-order valence-corrected chi connectivity index (χ3v) is 3.96. The molecule has 2 atom stereocenters. The van der Waals surface area contributed by atoms with Gasteiger partial charge in [-0.25, -0.2) is 14.5 Å². The van der Waals surface area contributed by atoms with Crippen LogP contribution < -0.4 is 5.32 Å². The highest BCUT2D eigenvalue weighted by atomic mass is 16.5. The van der Waals surface area contributed by atoms with Crippen LogP contribution in [0.1, 0.15) is 24.0 Å². The minimum absolute atomic E-state index is 0.283. The Labute approximate surface area is 138 Å². The molecule has 2 aromatic rings. The number of carbonyl (C=O) groups excluding carboxylic acids is 1. The number of carboxylic acid groups (broad SMARTS) is 1. The van der Waals surface area contributed by atoms with Gasteiger partial charge in [0.2, 0.25) is 5.91 Å². The second-order valence-electron chi connectivity index (χ2n) is 5.61. The van der Waals surface area contributed by atoms with Crippen molar-refractivity contribution in [1.82, 2.24) is 20.1 Å². The molecule has 1 amide bonds. The van der Waals surface area contributed by atoms with Crippen LogP contribution in [0.25, 0.3) is 0 Å². The number of hydrogen-bond acceptors (Lipinski definition) is 5. The lowest BCUT2D eigenvalue weighted by Gasteiger charge is -2.14. The minimum atomic E-state index is -1.02. The predicted octanol–water partition coefficient (Wildman–Crippen LogP) is 0.575. The zero-order chi connectivity index (χ0) is 16.9. The Morgan fingerprint density at radius 1 is 1.25 bits per heavy atom. The van der Waals surface area contributed by atoms with Crippen LogP contribution in [0, 0.1) is 0 Å². The summed E-state index contributed by atoms with van der Waals surface area (Å²) in [7, 11) is 0. The van der Waals surface area contributed by atoms with Crippen molar-refractivity contribution in [2.75, 3.05) is 0 Å². The Morgan fingerprint density at radius 2 is 2.00 bits per heavy atom. The minimum Gasteiger partial charge on any atom is -0.479 e. The van der Waals surface area contributed by atoms with Crippen LogP contribution in [0.2, 0.25) is 0 Å². The van der Waals surface area contributed by atoms with E-state index >= 15 is 0 Å². The summed E-state index contributed by atoms with van der Waals surface area (Å²) in [6.45, 7) is 0.911. The summed E-state index contributed by atoms with van der Waals surface area (Å²) in [4.78, 5) is 26.9. The first-order chi connectivity index (χ1) is 11.6. The molecule has 0 spiro atoms. The molecule has 3 rings (SSSR count). The molecule has 1 aliphatic rings. The van der Waals surface area contributed by atoms with Gasteiger partial charge in [-0.3, -0.25) is 4.79 Å². The molecule has 0 aliphatic carbocycles. The lowest BCUT2D eigenvalue weighted by molar-refractivity contribution is -0.151. The van der Waals surface area contributed by atoms with Gasteiger partial charge in [0, 0.05) is 6.54 Å². The summed E-state index contributed by atoms with van der Waals surface area (Å²) in [5.41, 5.74) is 1.99. The lowest BCUT2D eigenvalue weighted by Crippen LogP contribution is -2.35. The molecule has 126 valence electrons. The maximum Gasteiger partial charge on any atom is 0.332 e. The van der Waals surface area contributed by atoms with Crippen LogP contribution in [0.15, 0.2) is 36.9 Å². The zero-order valence-electron chi connectivity index (χ0n) is 13.0. The van der Waals surface area contributed by atoms with Crippen LogP contribution >= 0.6 is 0 Å². The Hall–Kier alpha value is -2.74. The van der Waals surface area contributed by atoms with Crippen molar-refractivity contribution in [3.63, 3.8) is 0 Å². The first-order valence-corrected chi connectivity index (χ1v) is 7.68. The number of benzene rings is 1. The molecule has 0 saturated carbocycles. The standard InChI is InChI=1S/C16H18N4O4/c21-15(13-5-6-14(24-13)16(22)23)18-7-11-3-1-2-4-12(11)8-20-10-17-9-19-20/h1-4,9-10,13-14H,5-8H2,(H,18,21)(H,22,23)/t13-,14+/m0/s1. The van der Waals surface area contributed by atoms with E-state index in [0.717, 1.165) is 11.1 Å². The Morgan fingerprint density at radius 3 is 2.67 bits per heavy atom. The summed E-state index contributed by atoms with van der Waals surface area (Å²) < 4.78 is 6.96. The number of amides is 1. The molecule has 1 fully saturated rings. The number of aromatic nitrogens is 3. The lowest BCUT2D eigenvalue weighted by atomic mass is 10.1. The highest BCUT2D eigenvalue weighted by Gasteiger charge is 2.34. The molecule has 2 heterocycles. The van der Waals surface area contributed by atoms with Crippen molar-refractivity contribution in [3.05, 3.63) is 48.0 Å². The number of hydrogen-bond donors (Lipinski definition) is 2. The van der Waals surface area contributed by atoms with E-state index in [-0.39, 0.29) is 5.91 Å². The number of ether oxygens (including phenoxy) is 1. The Balaban J connectivity index is 1.59. The quantitative estimate of drug-likeness (QED) is 0.802. The van der Waals surface area contributed by atoms with Gasteiger partial charge in [0.1, 0.15) is 18.8 Å².